The van der Waals surface area contributed by atoms with Gasteiger partial charge < -0.3 is 9.31 Å². The molecule has 5 heteroatoms. The van der Waals surface area contributed by atoms with E-state index in [2.05, 4.69) is 4.98 Å². The molecule has 0 N–H and O–H groups in total. The first kappa shape index (κ1) is 15.9. The Morgan fingerprint density at radius 2 is 1.64 bits per heavy atom. The zero-order chi connectivity index (χ0) is 16.0. The van der Waals surface area contributed by atoms with E-state index in [1.807, 2.05) is 33.8 Å². The predicted molar refractivity (Wildman–Crippen MR) is 85.7 cm³/mol. The lowest BCUT2D eigenvalue weighted by Gasteiger charge is -2.32. The molecule has 0 aromatic carbocycles. The van der Waals surface area contributed by atoms with Crippen molar-refractivity contribution in [3.05, 3.63) is 23.8 Å². The Hall–Kier alpha value is -0.935. The third-order valence-electron chi connectivity index (χ3n) is 5.39. The van der Waals surface area contributed by atoms with Crippen molar-refractivity contribution < 1.29 is 13.7 Å². The van der Waals surface area contributed by atoms with Gasteiger partial charge in [0.15, 0.2) is 0 Å². The monoisotopic (exact) mass is 305 g/mol. The summed E-state index contributed by atoms with van der Waals surface area (Å²) in [5.41, 5.74) is 0.765. The first-order chi connectivity index (χ1) is 10.3. The van der Waals surface area contributed by atoms with Gasteiger partial charge in [-0.2, -0.15) is 4.39 Å². The summed E-state index contributed by atoms with van der Waals surface area (Å²) < 4.78 is 26.1. The van der Waals surface area contributed by atoms with Crippen LogP contribution in [0.1, 0.15) is 71.4 Å². The van der Waals surface area contributed by atoms with Crippen LogP contribution in [-0.2, 0) is 9.31 Å². The summed E-state index contributed by atoms with van der Waals surface area (Å²) in [7, 11) is -0.523. The molecular formula is C17H25BFNO2. The van der Waals surface area contributed by atoms with E-state index in [1.165, 1.54) is 25.3 Å². The Morgan fingerprint density at radius 3 is 2.23 bits per heavy atom. The highest BCUT2D eigenvalue weighted by molar-refractivity contribution is 6.62. The van der Waals surface area contributed by atoms with E-state index in [-0.39, 0.29) is 0 Å². The Labute approximate surface area is 132 Å². The van der Waals surface area contributed by atoms with Crippen LogP contribution in [0.25, 0.3) is 0 Å². The molecule has 0 unspecified atom stereocenters. The number of hydrogen-bond acceptors (Lipinski definition) is 3. The third-order valence-corrected chi connectivity index (χ3v) is 5.39. The second-order valence-corrected chi connectivity index (χ2v) is 7.57. The molecular weight excluding hydrogens is 280 g/mol. The minimum absolute atomic E-state index is 0.366. The normalized spacial score (nSPS) is 24.7. The number of halogens is 1. The highest BCUT2D eigenvalue weighted by Crippen LogP contribution is 2.37. The molecule has 1 saturated carbocycles. The fourth-order valence-corrected chi connectivity index (χ4v) is 3.26. The number of rotatable bonds is 2. The van der Waals surface area contributed by atoms with Crippen LogP contribution in [-0.4, -0.2) is 23.3 Å². The Kier molecular flexibility index (Phi) is 4.06. The van der Waals surface area contributed by atoms with Crippen LogP contribution in [0.15, 0.2) is 12.1 Å². The zero-order valence-corrected chi connectivity index (χ0v) is 14.0. The van der Waals surface area contributed by atoms with E-state index in [0.29, 0.717) is 5.92 Å². The molecule has 120 valence electrons. The molecule has 1 aliphatic carbocycles. The fourth-order valence-electron chi connectivity index (χ4n) is 3.26. The van der Waals surface area contributed by atoms with Crippen molar-refractivity contribution in [3.63, 3.8) is 0 Å². The molecule has 0 spiro atoms. The lowest BCUT2D eigenvalue weighted by atomic mass is 9.77. The molecule has 0 radical (unpaired) electrons. The average Bonchev–Trinajstić information content (AvgIpc) is 2.68. The molecule has 22 heavy (non-hydrogen) atoms. The van der Waals surface area contributed by atoms with E-state index in [0.717, 1.165) is 24.0 Å². The highest BCUT2D eigenvalue weighted by atomic mass is 19.1. The number of aromatic nitrogens is 1. The highest BCUT2D eigenvalue weighted by Gasteiger charge is 2.51. The van der Waals surface area contributed by atoms with Gasteiger partial charge in [-0.1, -0.05) is 19.3 Å². The van der Waals surface area contributed by atoms with Gasteiger partial charge in [-0.05, 0) is 58.1 Å². The summed E-state index contributed by atoms with van der Waals surface area (Å²) in [6, 6.07) is 3.41. The van der Waals surface area contributed by atoms with Crippen LogP contribution in [0, 0.1) is 5.95 Å². The summed E-state index contributed by atoms with van der Waals surface area (Å²) in [6.45, 7) is 8.03. The van der Waals surface area contributed by atoms with Crippen LogP contribution in [0.4, 0.5) is 4.39 Å². The molecule has 2 fully saturated rings. The third kappa shape index (κ3) is 2.93. The van der Waals surface area contributed by atoms with Crippen molar-refractivity contribution in [2.24, 2.45) is 0 Å². The maximum absolute atomic E-state index is 14.0. The lowest BCUT2D eigenvalue weighted by molar-refractivity contribution is 0.00578. The Balaban J connectivity index is 1.87. The number of nitrogens with zero attached hydrogens (tertiary/aromatic N) is 1. The quantitative estimate of drug-likeness (QED) is 0.618. The fraction of sp³-hybridized carbons (Fsp3) is 0.706. The van der Waals surface area contributed by atoms with Gasteiger partial charge in [0.05, 0.1) is 11.2 Å². The van der Waals surface area contributed by atoms with Gasteiger partial charge >= 0.3 is 7.12 Å². The van der Waals surface area contributed by atoms with Gasteiger partial charge in [0.1, 0.15) is 0 Å². The molecule has 2 heterocycles. The van der Waals surface area contributed by atoms with Gasteiger partial charge in [0.2, 0.25) is 5.95 Å². The average molecular weight is 305 g/mol. The summed E-state index contributed by atoms with van der Waals surface area (Å²) in [5.74, 6) is -0.0709. The second-order valence-electron chi connectivity index (χ2n) is 7.57. The van der Waals surface area contributed by atoms with Crippen LogP contribution in [0.2, 0.25) is 0 Å². The van der Waals surface area contributed by atoms with Gasteiger partial charge in [0.25, 0.3) is 0 Å². The standard InChI is InChI=1S/C17H25BFNO2/c1-16(2)17(3,4)22-18(21-16)13-10-14(20-15(19)11-13)12-8-6-5-7-9-12/h10-12H,5-9H2,1-4H3. The minimum atomic E-state index is -0.523. The molecule has 3 rings (SSSR count). The molecule has 1 aromatic rings. The van der Waals surface area contributed by atoms with Crippen LogP contribution < -0.4 is 5.46 Å². The molecule has 1 saturated heterocycles. The summed E-state index contributed by atoms with van der Waals surface area (Å²) >= 11 is 0. The number of pyridine rings is 1. The summed E-state index contributed by atoms with van der Waals surface area (Å²) in [4.78, 5) is 4.12. The van der Waals surface area contributed by atoms with Crippen LogP contribution in [0.5, 0.6) is 0 Å². The smallest absolute Gasteiger partial charge is 0.399 e. The summed E-state index contributed by atoms with van der Waals surface area (Å²) in [6.07, 6.45) is 5.87. The Morgan fingerprint density at radius 1 is 1.05 bits per heavy atom. The first-order valence-corrected chi connectivity index (χ1v) is 8.31. The van der Waals surface area contributed by atoms with Crippen molar-refractivity contribution in [1.82, 2.24) is 4.98 Å². The van der Waals surface area contributed by atoms with E-state index < -0.39 is 24.3 Å². The molecule has 3 nitrogen and oxygen atoms in total. The van der Waals surface area contributed by atoms with Gasteiger partial charge in [-0.15, -0.1) is 0 Å². The van der Waals surface area contributed by atoms with E-state index in [1.54, 1.807) is 0 Å². The lowest BCUT2D eigenvalue weighted by Crippen LogP contribution is -2.41. The molecule has 0 bridgehead atoms. The Bertz CT molecular complexity index is 540. The molecule has 1 aliphatic heterocycles. The van der Waals surface area contributed by atoms with Gasteiger partial charge in [-0.25, -0.2) is 4.98 Å². The predicted octanol–water partition coefficient (Wildman–Crippen LogP) is 3.57. The molecule has 1 aromatic heterocycles. The SMILES string of the molecule is CC1(C)OB(c2cc(F)nc(C3CCCCC3)c2)OC1(C)C. The van der Waals surface area contributed by atoms with Crippen molar-refractivity contribution in [1.29, 1.82) is 0 Å². The van der Waals surface area contributed by atoms with E-state index in [9.17, 15) is 4.39 Å². The van der Waals surface area contributed by atoms with Crippen LogP contribution >= 0.6 is 0 Å². The maximum atomic E-state index is 14.0. The van der Waals surface area contributed by atoms with E-state index in [4.69, 9.17) is 9.31 Å². The molecule has 2 aliphatic rings. The minimum Gasteiger partial charge on any atom is -0.399 e. The number of hydrogen-bond donors (Lipinski definition) is 0. The molecule has 0 atom stereocenters. The summed E-state index contributed by atoms with van der Waals surface area (Å²) in [5, 5.41) is 0. The van der Waals surface area contributed by atoms with Crippen LogP contribution in [0.3, 0.4) is 0 Å². The topological polar surface area (TPSA) is 31.4 Å². The van der Waals surface area contributed by atoms with Crippen molar-refractivity contribution in [2.45, 2.75) is 76.9 Å². The second kappa shape index (κ2) is 5.61. The first-order valence-electron chi connectivity index (χ1n) is 8.31. The van der Waals surface area contributed by atoms with Crippen molar-refractivity contribution >= 4 is 12.6 Å². The molecule has 0 amide bonds. The van der Waals surface area contributed by atoms with Crippen molar-refractivity contribution in [2.75, 3.05) is 0 Å². The van der Waals surface area contributed by atoms with E-state index >= 15 is 0 Å². The van der Waals surface area contributed by atoms with Gasteiger partial charge in [0, 0.05) is 11.6 Å². The maximum Gasteiger partial charge on any atom is 0.495 e. The van der Waals surface area contributed by atoms with Gasteiger partial charge in [-0.3, -0.25) is 0 Å². The zero-order valence-electron chi connectivity index (χ0n) is 14.0. The largest absolute Gasteiger partial charge is 0.495 e. The van der Waals surface area contributed by atoms with Crippen molar-refractivity contribution in [3.8, 4) is 0 Å².